The molecule has 0 saturated carbocycles. The lowest BCUT2D eigenvalue weighted by molar-refractivity contribution is 0.332. The molecule has 1 aliphatic carbocycles. The van der Waals surface area contributed by atoms with E-state index < -0.39 is 6.04 Å². The zero-order chi connectivity index (χ0) is 51.3. The minimum absolute atomic E-state index is 0.0261. The highest BCUT2D eigenvalue weighted by molar-refractivity contribution is 7.00. The maximum absolute atomic E-state index is 9.27. The van der Waals surface area contributed by atoms with Crippen molar-refractivity contribution in [1.29, 1.82) is 0 Å². The summed E-state index contributed by atoms with van der Waals surface area (Å²) in [5.74, 6) is 0. The zero-order valence-corrected chi connectivity index (χ0v) is 41.2. The van der Waals surface area contributed by atoms with Gasteiger partial charge in [-0.25, -0.2) is 0 Å². The molecule has 0 amide bonds. The fourth-order valence-corrected chi connectivity index (χ4v) is 11.2. The number of rotatable bonds is 5. The Kier molecular flexibility index (Phi) is 8.44. The Morgan fingerprint density at radius 3 is 1.87 bits per heavy atom. The van der Waals surface area contributed by atoms with Crippen LogP contribution in [0.2, 0.25) is 0 Å². The van der Waals surface area contributed by atoms with Crippen molar-refractivity contribution in [3.63, 3.8) is 0 Å². The highest BCUT2D eigenvalue weighted by Gasteiger charge is 2.48. The van der Waals surface area contributed by atoms with Crippen LogP contribution in [0.3, 0.4) is 0 Å². The second-order valence-electron chi connectivity index (χ2n) is 22.7. The Hall–Kier alpha value is -6.46. The van der Waals surface area contributed by atoms with Crippen LogP contribution in [0.25, 0.3) is 11.0 Å². The molecule has 1 aromatic heterocycles. The van der Waals surface area contributed by atoms with E-state index in [0.29, 0.717) is 11.4 Å². The number of fused-ring (bicyclic) bond motifs is 7. The summed E-state index contributed by atoms with van der Waals surface area (Å²) in [5.41, 5.74) is 18.8. The van der Waals surface area contributed by atoms with Gasteiger partial charge in [-0.2, -0.15) is 0 Å². The van der Waals surface area contributed by atoms with E-state index in [0.717, 1.165) is 85.6 Å². The van der Waals surface area contributed by atoms with Gasteiger partial charge >= 0.3 is 0 Å². The molecular formula is C62H64BN3O. The van der Waals surface area contributed by atoms with Crippen LogP contribution >= 0.6 is 0 Å². The van der Waals surface area contributed by atoms with Crippen molar-refractivity contribution in [3.8, 4) is 0 Å². The molecule has 0 fully saturated rings. The van der Waals surface area contributed by atoms with Gasteiger partial charge in [0.05, 0.1) is 18.2 Å². The first kappa shape index (κ1) is 37.6. The number of aryl methyl sites for hydroxylation is 2. The van der Waals surface area contributed by atoms with E-state index >= 15 is 0 Å². The molecular weight excluding hydrogens is 814 g/mol. The van der Waals surface area contributed by atoms with E-state index in [-0.39, 0.29) is 58.2 Å². The molecule has 0 saturated heterocycles. The van der Waals surface area contributed by atoms with Gasteiger partial charge in [-0.05, 0) is 171 Å². The molecule has 3 aliphatic rings. The fourth-order valence-electron chi connectivity index (χ4n) is 11.2. The lowest BCUT2D eigenvalue weighted by Crippen LogP contribution is -2.61. The third-order valence-corrected chi connectivity index (χ3v) is 15.0. The zero-order valence-electron chi connectivity index (χ0n) is 46.2. The maximum atomic E-state index is 9.27. The van der Waals surface area contributed by atoms with E-state index in [1.165, 1.54) is 22.3 Å². The van der Waals surface area contributed by atoms with Gasteiger partial charge in [-0.3, -0.25) is 0 Å². The maximum Gasteiger partial charge on any atom is 0.297 e. The van der Waals surface area contributed by atoms with E-state index in [1.54, 1.807) is 0 Å². The molecule has 67 heavy (non-hydrogen) atoms. The first-order valence-electron chi connectivity index (χ1n) is 26.5. The normalized spacial score (nSPS) is 16.8. The Morgan fingerprint density at radius 1 is 0.597 bits per heavy atom. The van der Waals surface area contributed by atoms with Gasteiger partial charge < -0.3 is 19.1 Å². The first-order valence-corrected chi connectivity index (χ1v) is 24.0. The third-order valence-electron chi connectivity index (χ3n) is 15.0. The Bertz CT molecular complexity index is 3520. The van der Waals surface area contributed by atoms with Crippen molar-refractivity contribution in [1.82, 2.24) is 0 Å². The molecule has 8 aromatic rings. The minimum Gasteiger partial charge on any atom is -0.468 e. The standard InChI is InChI=1S/C62H64BN3O/c1-39-33-53-56-54(34-39)66(51-30-25-42(35-40(51)2)60(6,7)8)52-36-46(64(43-19-15-13-16-20-43)44-21-17-14-18-22-44)28-29-50(52)63(56)58-57(65(53)45-26-23-41(24-27-45)59(3,4)5)47-37-48-49(38-55(47)67-58)62(11,12)32-31-61(48,9)10/h13-30,33-38H,31-32H2,1-12H3/i13D,15D,16D,19D,20D. The number of hydrogen-bond acceptors (Lipinski definition) is 4. The predicted molar refractivity (Wildman–Crippen MR) is 287 cm³/mol. The SMILES string of the molecule is [2H]c1c([2H])c([2H])c(N(c2ccccc2)c2ccc3c(c2)N(c2ccc(C(C)(C)C)cc2C)c2cc(C)cc4c2B3c2oc3cc5c(cc3c2N4c2ccc(C(C)(C)C)cc2)C(C)(C)CCC5(C)C)c([2H])c1[2H]. The van der Waals surface area contributed by atoms with Crippen LogP contribution < -0.4 is 31.3 Å². The fraction of sp³-hybridized carbons (Fsp3) is 0.290. The van der Waals surface area contributed by atoms with E-state index in [1.807, 2.05) is 41.3 Å². The number of anilines is 9. The smallest absolute Gasteiger partial charge is 0.297 e. The lowest BCUT2D eigenvalue weighted by Gasteiger charge is -2.43. The molecule has 11 rings (SSSR count). The number of para-hydroxylation sites is 2. The Morgan fingerprint density at radius 2 is 1.22 bits per heavy atom. The van der Waals surface area contributed by atoms with Gasteiger partial charge in [-0.15, -0.1) is 0 Å². The van der Waals surface area contributed by atoms with Crippen LogP contribution in [0, 0.1) is 13.8 Å². The van der Waals surface area contributed by atoms with Gasteiger partial charge in [0.25, 0.3) is 6.71 Å². The van der Waals surface area contributed by atoms with Crippen LogP contribution in [0.15, 0.2) is 150 Å². The third kappa shape index (κ3) is 6.94. The largest absolute Gasteiger partial charge is 0.468 e. The second kappa shape index (κ2) is 15.0. The molecule has 3 heterocycles. The Labute approximate surface area is 406 Å². The topological polar surface area (TPSA) is 22.9 Å². The molecule has 0 N–H and O–H groups in total. The molecule has 336 valence electrons. The first-order chi connectivity index (χ1) is 33.9. The van der Waals surface area contributed by atoms with Crippen LogP contribution in [-0.2, 0) is 21.7 Å². The summed E-state index contributed by atoms with van der Waals surface area (Å²) in [6.07, 6.45) is 2.18. The molecule has 0 bridgehead atoms. The quantitative estimate of drug-likeness (QED) is 0.161. The van der Waals surface area contributed by atoms with Crippen LogP contribution in [0.4, 0.5) is 51.2 Å². The van der Waals surface area contributed by atoms with Crippen molar-refractivity contribution in [3.05, 3.63) is 179 Å². The monoisotopic (exact) mass is 883 g/mol. The van der Waals surface area contributed by atoms with Gasteiger partial charge in [0.1, 0.15) is 5.58 Å². The highest BCUT2D eigenvalue weighted by Crippen LogP contribution is 2.52. The number of hydrogen-bond donors (Lipinski definition) is 0. The summed E-state index contributed by atoms with van der Waals surface area (Å²) in [6.45, 7) is 27.1. The van der Waals surface area contributed by atoms with Crippen molar-refractivity contribution >= 4 is 85.5 Å². The van der Waals surface area contributed by atoms with Gasteiger partial charge in [0.2, 0.25) is 0 Å². The van der Waals surface area contributed by atoms with Crippen LogP contribution in [0.1, 0.15) is 122 Å². The number of benzene rings is 7. The molecule has 0 unspecified atom stereocenters. The Balaban J connectivity index is 1.25. The minimum atomic E-state index is -0.429. The molecule has 4 nitrogen and oxygen atoms in total. The van der Waals surface area contributed by atoms with Crippen molar-refractivity contribution in [2.24, 2.45) is 0 Å². The summed E-state index contributed by atoms with van der Waals surface area (Å²) in [7, 11) is 0. The second-order valence-corrected chi connectivity index (χ2v) is 22.7. The van der Waals surface area contributed by atoms with E-state index in [9.17, 15) is 2.74 Å². The lowest BCUT2D eigenvalue weighted by atomic mass is 9.35. The summed E-state index contributed by atoms with van der Waals surface area (Å²) >= 11 is 0. The van der Waals surface area contributed by atoms with Gasteiger partial charge in [-0.1, -0.05) is 136 Å². The van der Waals surface area contributed by atoms with E-state index in [4.69, 9.17) is 8.53 Å². The average molecular weight is 883 g/mol. The number of nitrogens with zero attached hydrogens (tertiary/aromatic N) is 3. The average Bonchev–Trinajstić information content (AvgIpc) is 3.70. The molecule has 7 aromatic carbocycles. The van der Waals surface area contributed by atoms with Crippen molar-refractivity contribution in [2.75, 3.05) is 14.7 Å². The summed E-state index contributed by atoms with van der Waals surface area (Å²) in [6, 6.07) is 39.6. The summed E-state index contributed by atoms with van der Waals surface area (Å²) < 4.78 is 52.1. The summed E-state index contributed by atoms with van der Waals surface area (Å²) in [5, 5.41) is 1.09. The molecule has 0 spiro atoms. The van der Waals surface area contributed by atoms with Crippen molar-refractivity contribution < 1.29 is 11.3 Å². The van der Waals surface area contributed by atoms with Crippen molar-refractivity contribution in [2.45, 2.75) is 118 Å². The predicted octanol–water partition coefficient (Wildman–Crippen LogP) is 15.5. The molecule has 2 aliphatic heterocycles. The molecule has 0 atom stereocenters. The number of furan rings is 1. The van der Waals surface area contributed by atoms with E-state index in [2.05, 4.69) is 172 Å². The van der Waals surface area contributed by atoms with Crippen LogP contribution in [0.5, 0.6) is 0 Å². The highest BCUT2D eigenvalue weighted by atomic mass is 16.3. The summed E-state index contributed by atoms with van der Waals surface area (Å²) in [4.78, 5) is 6.67. The molecule has 5 heteroatoms. The molecule has 0 radical (unpaired) electrons. The van der Waals surface area contributed by atoms with Gasteiger partial charge in [0, 0.05) is 50.9 Å². The van der Waals surface area contributed by atoms with Gasteiger partial charge in [0.15, 0.2) is 0 Å². The van der Waals surface area contributed by atoms with Crippen LogP contribution in [-0.4, -0.2) is 6.71 Å².